The summed E-state index contributed by atoms with van der Waals surface area (Å²) in [6, 6.07) is 10.7. The molecule has 0 aliphatic heterocycles. The van der Waals surface area contributed by atoms with E-state index >= 15 is 0 Å². The van der Waals surface area contributed by atoms with Gasteiger partial charge in [0.15, 0.2) is 28.8 Å². The smallest absolute Gasteiger partial charge is 0.240 e. The van der Waals surface area contributed by atoms with Crippen LogP contribution in [0, 0.1) is 0 Å². The number of ketones is 1. The van der Waals surface area contributed by atoms with Crippen LogP contribution in [-0.2, 0) is 16.1 Å². The lowest BCUT2D eigenvalue weighted by atomic mass is 9.83. The number of ether oxygens (including phenoxy) is 4. The normalized spacial score (nSPS) is 17.4. The molecule has 1 aromatic heterocycles. The fraction of sp³-hybridized carbons (Fsp3) is 0.276. The van der Waals surface area contributed by atoms with E-state index in [2.05, 4.69) is 10.3 Å². The number of nitrogens with one attached hydrogen (secondary N) is 1. The third-order valence-corrected chi connectivity index (χ3v) is 6.26. The third-order valence-electron chi connectivity index (χ3n) is 6.26. The molecule has 198 valence electrons. The van der Waals surface area contributed by atoms with E-state index in [1.54, 1.807) is 63.9 Å². The van der Waals surface area contributed by atoms with Crippen LogP contribution in [0.1, 0.15) is 24.0 Å². The number of aromatic nitrogens is 2. The van der Waals surface area contributed by atoms with E-state index in [-0.39, 0.29) is 24.3 Å². The summed E-state index contributed by atoms with van der Waals surface area (Å²) in [5.74, 6) is 2.10. The van der Waals surface area contributed by atoms with Crippen LogP contribution in [0.25, 0.3) is 12.2 Å². The summed E-state index contributed by atoms with van der Waals surface area (Å²) in [6.07, 6.45) is 9.41. The molecule has 1 aliphatic carbocycles. The van der Waals surface area contributed by atoms with Gasteiger partial charge in [0.1, 0.15) is 6.54 Å². The highest BCUT2D eigenvalue weighted by molar-refractivity contribution is 6.14. The summed E-state index contributed by atoms with van der Waals surface area (Å²) in [4.78, 5) is 30.3. The lowest BCUT2D eigenvalue weighted by molar-refractivity contribution is -0.123. The van der Waals surface area contributed by atoms with Gasteiger partial charge in [0, 0.05) is 29.6 Å². The van der Waals surface area contributed by atoms with Crippen molar-refractivity contribution in [1.82, 2.24) is 14.9 Å². The van der Waals surface area contributed by atoms with Crippen LogP contribution in [0.2, 0.25) is 0 Å². The van der Waals surface area contributed by atoms with E-state index in [4.69, 9.17) is 18.9 Å². The van der Waals surface area contributed by atoms with Gasteiger partial charge in [0.05, 0.1) is 34.8 Å². The molecule has 0 bridgehead atoms. The molecule has 3 aromatic rings. The van der Waals surface area contributed by atoms with Gasteiger partial charge in [-0.05, 0) is 60.4 Å². The molecule has 0 radical (unpaired) electrons. The van der Waals surface area contributed by atoms with Crippen LogP contribution in [0.5, 0.6) is 23.0 Å². The Morgan fingerprint density at radius 2 is 1.42 bits per heavy atom. The molecule has 1 heterocycles. The van der Waals surface area contributed by atoms with Gasteiger partial charge in [-0.25, -0.2) is 4.98 Å². The Hall–Kier alpha value is -4.53. The first kappa shape index (κ1) is 26.5. The quantitative estimate of drug-likeness (QED) is 0.429. The first-order chi connectivity index (χ1) is 18.4. The fourth-order valence-corrected chi connectivity index (χ4v) is 4.45. The van der Waals surface area contributed by atoms with Crippen LogP contribution in [0.15, 0.2) is 66.3 Å². The number of Topliss-reactive ketones (excluding diaryl/α,β-unsaturated/α-hetero) is 1. The highest BCUT2D eigenvalue weighted by Gasteiger charge is 2.29. The monoisotopic (exact) mass is 517 g/mol. The maximum Gasteiger partial charge on any atom is 0.240 e. The van der Waals surface area contributed by atoms with Crippen molar-refractivity contribution in [2.45, 2.75) is 25.4 Å². The Kier molecular flexibility index (Phi) is 8.47. The molecule has 38 heavy (non-hydrogen) atoms. The lowest BCUT2D eigenvalue weighted by Gasteiger charge is -2.27. The summed E-state index contributed by atoms with van der Waals surface area (Å²) in [5, 5.41) is 3.08. The van der Waals surface area contributed by atoms with Gasteiger partial charge < -0.3 is 28.8 Å². The van der Waals surface area contributed by atoms with Gasteiger partial charge in [-0.2, -0.15) is 0 Å². The van der Waals surface area contributed by atoms with Crippen LogP contribution in [-0.4, -0.2) is 55.7 Å². The minimum atomic E-state index is -0.262. The van der Waals surface area contributed by atoms with E-state index in [9.17, 15) is 9.59 Å². The molecule has 0 unspecified atom stereocenters. The molecule has 1 N–H and O–H groups in total. The van der Waals surface area contributed by atoms with Gasteiger partial charge in [0.25, 0.3) is 0 Å². The molecule has 4 rings (SSSR count). The molecule has 2 aromatic carbocycles. The van der Waals surface area contributed by atoms with E-state index in [1.165, 1.54) is 0 Å². The van der Waals surface area contributed by atoms with Crippen LogP contribution in [0.4, 0.5) is 0 Å². The Morgan fingerprint density at radius 3 is 1.87 bits per heavy atom. The highest BCUT2D eigenvalue weighted by atomic mass is 16.5. The summed E-state index contributed by atoms with van der Waals surface area (Å²) in [6.45, 7) is 0.147. The van der Waals surface area contributed by atoms with Crippen molar-refractivity contribution < 1.29 is 28.5 Å². The van der Waals surface area contributed by atoms with Gasteiger partial charge in [-0.15, -0.1) is 0 Å². The molecular formula is C29H31N3O6. The number of hydrogen-bond donors (Lipinski definition) is 1. The number of methoxy groups -OCH3 is 4. The molecule has 0 spiro atoms. The average Bonchev–Trinajstić information content (AvgIpc) is 3.43. The number of amides is 1. The Labute approximate surface area is 221 Å². The summed E-state index contributed by atoms with van der Waals surface area (Å²) >= 11 is 0. The lowest BCUT2D eigenvalue weighted by Crippen LogP contribution is -2.40. The first-order valence-electron chi connectivity index (χ1n) is 12.1. The molecule has 1 saturated carbocycles. The zero-order chi connectivity index (χ0) is 27.1. The van der Waals surface area contributed by atoms with Gasteiger partial charge in [0.2, 0.25) is 5.91 Å². The van der Waals surface area contributed by atoms with Crippen molar-refractivity contribution in [3.8, 4) is 23.0 Å². The molecular weight excluding hydrogens is 486 g/mol. The highest BCUT2D eigenvalue weighted by Crippen LogP contribution is 2.33. The summed E-state index contributed by atoms with van der Waals surface area (Å²) < 4.78 is 23.2. The van der Waals surface area contributed by atoms with Crippen molar-refractivity contribution >= 4 is 23.8 Å². The molecule has 0 saturated heterocycles. The topological polar surface area (TPSA) is 101 Å². The van der Waals surface area contributed by atoms with Crippen LogP contribution >= 0.6 is 0 Å². The van der Waals surface area contributed by atoms with Gasteiger partial charge in [-0.3, -0.25) is 9.59 Å². The molecule has 1 aliphatic rings. The second kappa shape index (κ2) is 12.1. The maximum atomic E-state index is 13.6. The fourth-order valence-electron chi connectivity index (χ4n) is 4.45. The minimum absolute atomic E-state index is 0.0744. The van der Waals surface area contributed by atoms with Crippen molar-refractivity contribution in [2.75, 3.05) is 28.4 Å². The average molecular weight is 518 g/mol. The molecule has 9 nitrogen and oxygen atoms in total. The summed E-state index contributed by atoms with van der Waals surface area (Å²) in [5.41, 5.74) is 2.76. The zero-order valence-electron chi connectivity index (χ0n) is 21.9. The third kappa shape index (κ3) is 6.23. The number of rotatable bonds is 9. The number of carbonyl (C=O) groups excluding carboxylic acids is 2. The van der Waals surface area contributed by atoms with Crippen molar-refractivity contribution in [2.24, 2.45) is 0 Å². The predicted molar refractivity (Wildman–Crippen MR) is 143 cm³/mol. The van der Waals surface area contributed by atoms with Crippen molar-refractivity contribution in [1.29, 1.82) is 0 Å². The van der Waals surface area contributed by atoms with Crippen LogP contribution in [0.3, 0.4) is 0 Å². The van der Waals surface area contributed by atoms with E-state index in [0.717, 1.165) is 11.1 Å². The zero-order valence-corrected chi connectivity index (χ0v) is 21.9. The maximum absolute atomic E-state index is 13.6. The molecule has 1 amide bonds. The van der Waals surface area contributed by atoms with E-state index < -0.39 is 0 Å². The number of hydrogen-bond acceptors (Lipinski definition) is 7. The predicted octanol–water partition coefficient (Wildman–Crippen LogP) is 3.93. The number of benzene rings is 2. The van der Waals surface area contributed by atoms with Crippen LogP contribution < -0.4 is 24.3 Å². The van der Waals surface area contributed by atoms with Gasteiger partial charge >= 0.3 is 0 Å². The molecule has 0 atom stereocenters. The van der Waals surface area contributed by atoms with Gasteiger partial charge in [-0.1, -0.05) is 12.1 Å². The number of nitrogens with zero attached hydrogens (tertiary/aromatic N) is 2. The second-order valence-corrected chi connectivity index (χ2v) is 8.80. The minimum Gasteiger partial charge on any atom is -0.493 e. The molecule has 9 heteroatoms. The Bertz CT molecular complexity index is 1280. The van der Waals surface area contributed by atoms with Crippen molar-refractivity contribution in [3.05, 3.63) is 77.4 Å². The first-order valence-corrected chi connectivity index (χ1v) is 12.1. The second-order valence-electron chi connectivity index (χ2n) is 8.80. The molecule has 1 fully saturated rings. The largest absolute Gasteiger partial charge is 0.493 e. The van der Waals surface area contributed by atoms with Crippen molar-refractivity contribution in [3.63, 3.8) is 0 Å². The summed E-state index contributed by atoms with van der Waals surface area (Å²) in [7, 11) is 6.28. The standard InChI is InChI=1S/C29H31N3O6/c1-35-24-7-5-19(13-26(24)37-3)11-21-15-23(31-28(33)17-32-10-9-30-18-32)16-22(29(21)34)12-20-6-8-25(36-2)27(14-20)38-4/h5-14,18,23H,15-17H2,1-4H3,(H,31,33)/b21-11+,22-12+. The van der Waals surface area contributed by atoms with E-state index in [0.29, 0.717) is 47.0 Å². The Balaban J connectivity index is 1.66. The number of imidazole rings is 1. The Morgan fingerprint density at radius 1 is 0.895 bits per heavy atom. The SMILES string of the molecule is COc1ccc(/C=C2\CC(NC(=O)Cn3ccnc3)C/C(=C\c3ccc(OC)c(OC)c3)C2=O)cc1OC. The van der Waals surface area contributed by atoms with E-state index in [1.807, 2.05) is 36.4 Å². The number of carbonyl (C=O) groups is 2.